The fourth-order valence-electron chi connectivity index (χ4n) is 0.945. The number of allylic oxidation sites excluding steroid dienone is 2. The lowest BCUT2D eigenvalue weighted by Crippen LogP contribution is -2.15. The van der Waals surface area contributed by atoms with Crippen molar-refractivity contribution in [2.45, 2.75) is 27.2 Å². The average molecular weight is 153 g/mol. The van der Waals surface area contributed by atoms with Crippen molar-refractivity contribution in [2.24, 2.45) is 0 Å². The van der Waals surface area contributed by atoms with Gasteiger partial charge >= 0.3 is 0 Å². The molecule has 64 valence electrons. The van der Waals surface area contributed by atoms with Gasteiger partial charge in [-0.25, -0.2) is 0 Å². The molecule has 0 saturated heterocycles. The predicted octanol–water partition coefficient (Wildman–Crippen LogP) is 2.51. The quantitative estimate of drug-likeness (QED) is 0.598. The largest absolute Gasteiger partial charge is 0.313 e. The molecule has 0 fully saturated rings. The predicted molar refractivity (Wildman–Crippen MR) is 51.7 cm³/mol. The minimum atomic E-state index is 0.995. The molecule has 0 saturated carbocycles. The molecule has 0 aliphatic heterocycles. The van der Waals surface area contributed by atoms with Gasteiger partial charge in [-0.2, -0.15) is 0 Å². The molecule has 11 heavy (non-hydrogen) atoms. The zero-order valence-corrected chi connectivity index (χ0v) is 7.85. The molecule has 0 spiro atoms. The van der Waals surface area contributed by atoms with Crippen molar-refractivity contribution >= 4 is 0 Å². The molecular weight excluding hydrogens is 134 g/mol. The summed E-state index contributed by atoms with van der Waals surface area (Å²) in [5.41, 5.74) is 1.39. The highest BCUT2D eigenvalue weighted by molar-refractivity contribution is 5.19. The van der Waals surface area contributed by atoms with Gasteiger partial charge in [0.25, 0.3) is 0 Å². The van der Waals surface area contributed by atoms with Gasteiger partial charge in [0.15, 0.2) is 0 Å². The van der Waals surface area contributed by atoms with Crippen molar-refractivity contribution < 1.29 is 0 Å². The Morgan fingerprint density at radius 3 is 2.55 bits per heavy atom. The number of likely N-dealkylation sites (N-methyl/N-ethyl adjacent to an activating group) is 1. The second kappa shape index (κ2) is 7.55. The highest BCUT2D eigenvalue weighted by Gasteiger charge is 1.87. The van der Waals surface area contributed by atoms with E-state index in [0.29, 0.717) is 0 Å². The summed E-state index contributed by atoms with van der Waals surface area (Å²) >= 11 is 0. The van der Waals surface area contributed by atoms with Crippen LogP contribution in [0.1, 0.15) is 27.2 Å². The maximum Gasteiger partial charge on any atom is 0.0202 e. The molecule has 0 aromatic carbocycles. The van der Waals surface area contributed by atoms with Gasteiger partial charge in [0.2, 0.25) is 0 Å². The lowest BCUT2D eigenvalue weighted by Gasteiger charge is -2.01. The molecule has 1 heteroatoms. The van der Waals surface area contributed by atoms with Gasteiger partial charge in [0.1, 0.15) is 0 Å². The molecule has 0 atom stereocenters. The Labute approximate surface area is 70.2 Å². The summed E-state index contributed by atoms with van der Waals surface area (Å²) in [7, 11) is 0. The van der Waals surface area contributed by atoms with Crippen LogP contribution in [-0.2, 0) is 0 Å². The van der Waals surface area contributed by atoms with Gasteiger partial charge < -0.3 is 5.32 Å². The van der Waals surface area contributed by atoms with Crippen molar-refractivity contribution in [2.75, 3.05) is 13.1 Å². The van der Waals surface area contributed by atoms with Gasteiger partial charge in [-0.1, -0.05) is 32.1 Å². The normalized spacial score (nSPS) is 12.8. The molecule has 0 aliphatic carbocycles. The van der Waals surface area contributed by atoms with Crippen molar-refractivity contribution in [3.63, 3.8) is 0 Å². The van der Waals surface area contributed by atoms with Crippen LogP contribution in [0.15, 0.2) is 23.8 Å². The van der Waals surface area contributed by atoms with Crippen LogP contribution < -0.4 is 5.32 Å². The minimum absolute atomic E-state index is 0.995. The van der Waals surface area contributed by atoms with E-state index in [9.17, 15) is 0 Å². The smallest absolute Gasteiger partial charge is 0.0202 e. The molecule has 0 unspecified atom stereocenters. The highest BCUT2D eigenvalue weighted by atomic mass is 14.8. The first-order chi connectivity index (χ1) is 5.35. The molecule has 0 aromatic rings. The van der Waals surface area contributed by atoms with E-state index < -0.39 is 0 Å². The van der Waals surface area contributed by atoms with Crippen LogP contribution in [0.2, 0.25) is 0 Å². The van der Waals surface area contributed by atoms with E-state index in [1.807, 2.05) is 0 Å². The van der Waals surface area contributed by atoms with E-state index in [0.717, 1.165) is 19.5 Å². The number of hydrogen-bond acceptors (Lipinski definition) is 1. The van der Waals surface area contributed by atoms with Crippen molar-refractivity contribution in [1.82, 2.24) is 5.32 Å². The van der Waals surface area contributed by atoms with Gasteiger partial charge in [-0.05, 0) is 25.5 Å². The second-order valence-electron chi connectivity index (χ2n) is 2.47. The van der Waals surface area contributed by atoms with Crippen LogP contribution in [0.5, 0.6) is 0 Å². The molecule has 0 rings (SSSR count). The second-order valence-corrected chi connectivity index (χ2v) is 2.47. The van der Waals surface area contributed by atoms with Crippen LogP contribution >= 0.6 is 0 Å². The van der Waals surface area contributed by atoms with Gasteiger partial charge in [0, 0.05) is 6.54 Å². The Balaban J connectivity index is 3.79. The fourth-order valence-corrected chi connectivity index (χ4v) is 0.945. The standard InChI is InChI=1S/C10H19N/c1-4-7-10(8-5-2)9-11-6-3/h4,7-8,11H,5-6,9H2,1-3H3/b7-4-,10-8+. The van der Waals surface area contributed by atoms with Crippen LogP contribution in [-0.4, -0.2) is 13.1 Å². The average Bonchev–Trinajstić information content (AvgIpc) is 2.01. The molecule has 0 amide bonds. The number of rotatable bonds is 5. The van der Waals surface area contributed by atoms with Gasteiger partial charge in [0.05, 0.1) is 0 Å². The Kier molecular flexibility index (Phi) is 7.16. The Hall–Kier alpha value is -0.560. The van der Waals surface area contributed by atoms with E-state index >= 15 is 0 Å². The van der Waals surface area contributed by atoms with E-state index in [2.05, 4.69) is 44.3 Å². The summed E-state index contributed by atoms with van der Waals surface area (Å²) in [6.07, 6.45) is 7.61. The lowest BCUT2D eigenvalue weighted by molar-refractivity contribution is 0.782. The third kappa shape index (κ3) is 5.86. The van der Waals surface area contributed by atoms with E-state index in [1.165, 1.54) is 5.57 Å². The molecule has 0 radical (unpaired) electrons. The third-order valence-electron chi connectivity index (χ3n) is 1.43. The van der Waals surface area contributed by atoms with Crippen molar-refractivity contribution in [3.8, 4) is 0 Å². The van der Waals surface area contributed by atoms with Gasteiger partial charge in [-0.3, -0.25) is 0 Å². The SMILES string of the molecule is C/C=C\C(=C/CC)CNCC. The molecule has 0 heterocycles. The molecule has 0 aliphatic rings. The summed E-state index contributed by atoms with van der Waals surface area (Å²) in [6, 6.07) is 0. The van der Waals surface area contributed by atoms with Crippen LogP contribution in [0, 0.1) is 0 Å². The Bertz CT molecular complexity index is 134. The Morgan fingerprint density at radius 1 is 1.36 bits per heavy atom. The van der Waals surface area contributed by atoms with Gasteiger partial charge in [-0.15, -0.1) is 0 Å². The summed E-state index contributed by atoms with van der Waals surface area (Å²) in [5, 5.41) is 3.30. The Morgan fingerprint density at radius 2 is 2.09 bits per heavy atom. The minimum Gasteiger partial charge on any atom is -0.313 e. The first-order valence-electron chi connectivity index (χ1n) is 4.37. The van der Waals surface area contributed by atoms with Crippen molar-refractivity contribution in [1.29, 1.82) is 0 Å². The zero-order chi connectivity index (χ0) is 8.53. The summed E-state index contributed by atoms with van der Waals surface area (Å²) < 4.78 is 0. The topological polar surface area (TPSA) is 12.0 Å². The maximum absolute atomic E-state index is 3.30. The molecule has 1 N–H and O–H groups in total. The summed E-state index contributed by atoms with van der Waals surface area (Å²) in [5.74, 6) is 0. The first-order valence-corrected chi connectivity index (χ1v) is 4.37. The van der Waals surface area contributed by atoms with Crippen LogP contribution in [0.4, 0.5) is 0 Å². The molecule has 1 nitrogen and oxygen atoms in total. The fraction of sp³-hybridized carbons (Fsp3) is 0.600. The van der Waals surface area contributed by atoms with E-state index in [4.69, 9.17) is 0 Å². The summed E-state index contributed by atoms with van der Waals surface area (Å²) in [6.45, 7) is 8.37. The van der Waals surface area contributed by atoms with Crippen LogP contribution in [0.3, 0.4) is 0 Å². The molecular formula is C10H19N. The van der Waals surface area contributed by atoms with Crippen LogP contribution in [0.25, 0.3) is 0 Å². The molecule has 0 bridgehead atoms. The highest BCUT2D eigenvalue weighted by Crippen LogP contribution is 1.96. The monoisotopic (exact) mass is 153 g/mol. The van der Waals surface area contributed by atoms with E-state index in [-0.39, 0.29) is 0 Å². The number of nitrogens with one attached hydrogen (secondary N) is 1. The third-order valence-corrected chi connectivity index (χ3v) is 1.43. The number of hydrogen-bond donors (Lipinski definition) is 1. The lowest BCUT2D eigenvalue weighted by atomic mass is 10.2. The van der Waals surface area contributed by atoms with E-state index in [1.54, 1.807) is 0 Å². The molecule has 0 aromatic heterocycles. The van der Waals surface area contributed by atoms with Crippen molar-refractivity contribution in [3.05, 3.63) is 23.8 Å². The maximum atomic E-state index is 3.30. The zero-order valence-electron chi connectivity index (χ0n) is 7.85. The summed E-state index contributed by atoms with van der Waals surface area (Å²) in [4.78, 5) is 0. The first kappa shape index (κ1) is 10.4.